The number of aryl methyl sites for hydroxylation is 1. The Hall–Kier alpha value is -1.98. The van der Waals surface area contributed by atoms with Crippen LogP contribution in [0.15, 0.2) is 54.6 Å². The lowest BCUT2D eigenvalue weighted by atomic mass is 10.00. The minimum absolute atomic E-state index is 0.0206. The zero-order chi connectivity index (χ0) is 20.3. The molecule has 6 heteroatoms. The molecule has 0 aliphatic carbocycles. The van der Waals surface area contributed by atoms with E-state index in [1.165, 1.54) is 5.56 Å². The van der Waals surface area contributed by atoms with E-state index in [1.54, 1.807) is 18.2 Å². The van der Waals surface area contributed by atoms with Gasteiger partial charge in [-0.25, -0.2) is 0 Å². The topological polar surface area (TPSA) is 40.6 Å². The number of amides is 2. The van der Waals surface area contributed by atoms with Crippen LogP contribution in [0.5, 0.6) is 0 Å². The van der Waals surface area contributed by atoms with Gasteiger partial charge in [-0.2, -0.15) is 0 Å². The molecule has 2 fully saturated rings. The van der Waals surface area contributed by atoms with Crippen LogP contribution in [0.2, 0.25) is 5.02 Å². The van der Waals surface area contributed by atoms with Crippen LogP contribution in [0, 0.1) is 0 Å². The number of hydrogen-bond donors (Lipinski definition) is 0. The number of benzene rings is 2. The molecule has 2 heterocycles. The van der Waals surface area contributed by atoms with Gasteiger partial charge in [0, 0.05) is 42.4 Å². The maximum Gasteiger partial charge on any atom is 0.253 e. The summed E-state index contributed by atoms with van der Waals surface area (Å²) in [5.74, 6) is 1.22. The summed E-state index contributed by atoms with van der Waals surface area (Å²) < 4.78 is 0. The Kier molecular flexibility index (Phi) is 6.16. The van der Waals surface area contributed by atoms with Crippen LogP contribution in [0.1, 0.15) is 35.2 Å². The van der Waals surface area contributed by atoms with E-state index in [4.69, 9.17) is 11.6 Å². The van der Waals surface area contributed by atoms with Crippen molar-refractivity contribution >= 4 is 35.2 Å². The van der Waals surface area contributed by atoms with Crippen LogP contribution in [0.25, 0.3) is 0 Å². The third-order valence-electron chi connectivity index (χ3n) is 5.85. The largest absolute Gasteiger partial charge is 0.338 e. The highest BCUT2D eigenvalue weighted by Crippen LogP contribution is 2.44. The molecule has 0 aromatic heterocycles. The van der Waals surface area contributed by atoms with Crippen molar-refractivity contribution in [2.45, 2.75) is 30.6 Å². The maximum atomic E-state index is 13.0. The molecule has 2 amide bonds. The Morgan fingerprint density at radius 1 is 1.00 bits per heavy atom. The molecule has 1 spiro atoms. The maximum absolute atomic E-state index is 13.0. The highest BCUT2D eigenvalue weighted by atomic mass is 35.5. The SMILES string of the molecule is O=C(c1cccc(Cl)c1)N1CCC2(CC1)SCCN2C(=O)CCc1ccccc1. The van der Waals surface area contributed by atoms with Crippen molar-refractivity contribution in [2.24, 2.45) is 0 Å². The van der Waals surface area contributed by atoms with Gasteiger partial charge >= 0.3 is 0 Å². The van der Waals surface area contributed by atoms with Gasteiger partial charge in [-0.3, -0.25) is 9.59 Å². The molecule has 2 aliphatic heterocycles. The second kappa shape index (κ2) is 8.80. The van der Waals surface area contributed by atoms with E-state index in [-0.39, 0.29) is 16.7 Å². The Balaban J connectivity index is 1.37. The summed E-state index contributed by atoms with van der Waals surface area (Å²) in [5.41, 5.74) is 1.83. The molecule has 152 valence electrons. The third-order valence-corrected chi connectivity index (χ3v) is 7.64. The molecule has 2 aliphatic rings. The second-order valence-electron chi connectivity index (χ2n) is 7.63. The number of likely N-dealkylation sites (tertiary alicyclic amines) is 1. The predicted octanol–water partition coefficient (Wildman–Crippen LogP) is 4.48. The van der Waals surface area contributed by atoms with Crippen molar-refractivity contribution in [1.29, 1.82) is 0 Å². The van der Waals surface area contributed by atoms with Crippen molar-refractivity contribution in [3.05, 3.63) is 70.7 Å². The van der Waals surface area contributed by atoms with E-state index < -0.39 is 0 Å². The highest BCUT2D eigenvalue weighted by molar-refractivity contribution is 8.00. The number of halogens is 1. The standard InChI is InChI=1S/C23H25ClN2O2S/c24-20-8-4-7-19(17-20)22(28)25-13-11-23(12-14-25)26(15-16-29-23)21(27)10-9-18-5-2-1-3-6-18/h1-8,17H,9-16H2. The molecular formula is C23H25ClN2O2S. The molecule has 2 saturated heterocycles. The number of piperidine rings is 1. The fourth-order valence-corrected chi connectivity index (χ4v) is 5.93. The second-order valence-corrected chi connectivity index (χ2v) is 9.52. The first kappa shape index (κ1) is 20.3. The lowest BCUT2D eigenvalue weighted by Gasteiger charge is -2.44. The van der Waals surface area contributed by atoms with Crippen molar-refractivity contribution in [2.75, 3.05) is 25.4 Å². The molecule has 0 atom stereocenters. The van der Waals surface area contributed by atoms with Crippen molar-refractivity contribution in [1.82, 2.24) is 9.80 Å². The van der Waals surface area contributed by atoms with Crippen LogP contribution < -0.4 is 0 Å². The summed E-state index contributed by atoms with van der Waals surface area (Å²) in [5, 5.41) is 0.575. The van der Waals surface area contributed by atoms with Gasteiger partial charge in [-0.05, 0) is 43.0 Å². The Morgan fingerprint density at radius 3 is 2.48 bits per heavy atom. The van der Waals surface area contributed by atoms with Gasteiger partial charge in [0.1, 0.15) is 0 Å². The van der Waals surface area contributed by atoms with Crippen molar-refractivity contribution in [3.63, 3.8) is 0 Å². The lowest BCUT2D eigenvalue weighted by Crippen LogP contribution is -2.53. The molecular weight excluding hydrogens is 404 g/mol. The van der Waals surface area contributed by atoms with E-state index in [0.717, 1.165) is 31.6 Å². The van der Waals surface area contributed by atoms with Gasteiger partial charge in [0.05, 0.1) is 4.87 Å². The molecule has 0 radical (unpaired) electrons. The molecule has 0 N–H and O–H groups in total. The molecule has 4 nitrogen and oxygen atoms in total. The van der Waals surface area contributed by atoms with Gasteiger partial charge < -0.3 is 9.80 Å². The fraction of sp³-hybridized carbons (Fsp3) is 0.391. The monoisotopic (exact) mass is 428 g/mol. The number of nitrogens with zero attached hydrogens (tertiary/aromatic N) is 2. The summed E-state index contributed by atoms with van der Waals surface area (Å²) in [7, 11) is 0. The number of carbonyl (C=O) groups excluding carboxylic acids is 2. The molecule has 0 saturated carbocycles. The molecule has 4 rings (SSSR count). The van der Waals surface area contributed by atoms with Gasteiger partial charge in [0.25, 0.3) is 5.91 Å². The molecule has 0 bridgehead atoms. The normalized spacial score (nSPS) is 18.2. The number of thioether (sulfide) groups is 1. The zero-order valence-corrected chi connectivity index (χ0v) is 17.9. The Bertz CT molecular complexity index is 881. The summed E-state index contributed by atoms with van der Waals surface area (Å²) in [6, 6.07) is 17.3. The van der Waals surface area contributed by atoms with Crippen LogP contribution in [0.4, 0.5) is 0 Å². The highest BCUT2D eigenvalue weighted by Gasteiger charge is 2.46. The van der Waals surface area contributed by atoms with Gasteiger partial charge in [-0.15, -0.1) is 11.8 Å². The van der Waals surface area contributed by atoms with E-state index in [0.29, 0.717) is 30.1 Å². The number of carbonyl (C=O) groups is 2. The van der Waals surface area contributed by atoms with Crippen LogP contribution >= 0.6 is 23.4 Å². The number of rotatable bonds is 4. The smallest absolute Gasteiger partial charge is 0.253 e. The molecule has 2 aromatic rings. The van der Waals surface area contributed by atoms with Gasteiger partial charge in [0.2, 0.25) is 5.91 Å². The summed E-state index contributed by atoms with van der Waals surface area (Å²) in [6.07, 6.45) is 2.95. The minimum Gasteiger partial charge on any atom is -0.338 e. The third kappa shape index (κ3) is 4.46. The van der Waals surface area contributed by atoms with Crippen LogP contribution in [-0.4, -0.2) is 51.9 Å². The first-order chi connectivity index (χ1) is 14.1. The van der Waals surface area contributed by atoms with E-state index in [2.05, 4.69) is 17.0 Å². The lowest BCUT2D eigenvalue weighted by molar-refractivity contribution is -0.134. The summed E-state index contributed by atoms with van der Waals surface area (Å²) in [6.45, 7) is 2.14. The van der Waals surface area contributed by atoms with Crippen LogP contribution in [0.3, 0.4) is 0 Å². The predicted molar refractivity (Wildman–Crippen MR) is 118 cm³/mol. The van der Waals surface area contributed by atoms with E-state index >= 15 is 0 Å². The average Bonchev–Trinajstić information content (AvgIpc) is 3.16. The van der Waals surface area contributed by atoms with E-state index in [9.17, 15) is 9.59 Å². The van der Waals surface area contributed by atoms with Crippen LogP contribution in [-0.2, 0) is 11.2 Å². The molecule has 29 heavy (non-hydrogen) atoms. The zero-order valence-electron chi connectivity index (χ0n) is 16.4. The fourth-order valence-electron chi connectivity index (χ4n) is 4.27. The first-order valence-corrected chi connectivity index (χ1v) is 11.5. The summed E-state index contributed by atoms with van der Waals surface area (Å²) >= 11 is 7.92. The van der Waals surface area contributed by atoms with E-state index in [1.807, 2.05) is 40.9 Å². The molecule has 2 aromatic carbocycles. The first-order valence-electron chi connectivity index (χ1n) is 10.1. The van der Waals surface area contributed by atoms with Gasteiger partial charge in [0.15, 0.2) is 0 Å². The minimum atomic E-state index is -0.154. The van der Waals surface area contributed by atoms with Crippen molar-refractivity contribution < 1.29 is 9.59 Å². The quantitative estimate of drug-likeness (QED) is 0.720. The van der Waals surface area contributed by atoms with Crippen molar-refractivity contribution in [3.8, 4) is 0 Å². The molecule has 0 unspecified atom stereocenters. The Morgan fingerprint density at radius 2 is 1.76 bits per heavy atom. The van der Waals surface area contributed by atoms with Gasteiger partial charge in [-0.1, -0.05) is 48.0 Å². The Labute approximate surface area is 181 Å². The summed E-state index contributed by atoms with van der Waals surface area (Å²) in [4.78, 5) is 29.6. The number of hydrogen-bond acceptors (Lipinski definition) is 3. The average molecular weight is 429 g/mol.